The van der Waals surface area contributed by atoms with Crippen molar-refractivity contribution in [2.75, 3.05) is 13.1 Å². The van der Waals surface area contributed by atoms with E-state index in [-0.39, 0.29) is 17.5 Å². The summed E-state index contributed by atoms with van der Waals surface area (Å²) < 4.78 is 0. The molecule has 0 bridgehead atoms. The van der Waals surface area contributed by atoms with Crippen LogP contribution < -0.4 is 10.6 Å². The van der Waals surface area contributed by atoms with Gasteiger partial charge in [0.05, 0.1) is 0 Å². The number of rotatable bonds is 7. The smallest absolute Gasteiger partial charge is 0.354 e. The normalized spacial score (nSPS) is 11.9. The Labute approximate surface area is 112 Å². The Morgan fingerprint density at radius 2 is 2.16 bits per heavy atom. The van der Waals surface area contributed by atoms with Gasteiger partial charge in [-0.05, 0) is 18.2 Å². The van der Waals surface area contributed by atoms with E-state index < -0.39 is 5.97 Å². The van der Waals surface area contributed by atoms with Gasteiger partial charge in [-0.15, -0.1) is 0 Å². The molecule has 0 fully saturated rings. The van der Waals surface area contributed by atoms with Gasteiger partial charge >= 0.3 is 5.97 Å². The lowest BCUT2D eigenvalue weighted by Crippen LogP contribution is -2.34. The molecule has 1 unspecified atom stereocenters. The van der Waals surface area contributed by atoms with E-state index in [2.05, 4.69) is 15.6 Å². The number of nitrogens with one attached hydrogen (secondary N) is 2. The zero-order valence-corrected chi connectivity index (χ0v) is 11.1. The molecule has 1 amide bonds. The van der Waals surface area contributed by atoms with E-state index in [0.717, 1.165) is 12.1 Å². The SMILES string of the molecule is CCNCC(C)C(=O)NCc1ccc(C(=O)O)nc1. The number of amides is 1. The van der Waals surface area contributed by atoms with Crippen LogP contribution in [0.3, 0.4) is 0 Å². The van der Waals surface area contributed by atoms with Crippen LogP contribution in [0.4, 0.5) is 0 Å². The largest absolute Gasteiger partial charge is 0.477 e. The fraction of sp³-hybridized carbons (Fsp3) is 0.462. The zero-order valence-electron chi connectivity index (χ0n) is 11.1. The summed E-state index contributed by atoms with van der Waals surface area (Å²) in [6.07, 6.45) is 1.46. The molecule has 0 saturated heterocycles. The highest BCUT2D eigenvalue weighted by Crippen LogP contribution is 2.01. The van der Waals surface area contributed by atoms with Crippen molar-refractivity contribution in [3.63, 3.8) is 0 Å². The fourth-order valence-corrected chi connectivity index (χ4v) is 1.47. The molecule has 1 aromatic rings. The highest BCUT2D eigenvalue weighted by molar-refractivity contribution is 5.85. The van der Waals surface area contributed by atoms with Gasteiger partial charge in [-0.3, -0.25) is 4.79 Å². The second-order valence-corrected chi connectivity index (χ2v) is 4.28. The van der Waals surface area contributed by atoms with Crippen LogP contribution in [0.15, 0.2) is 18.3 Å². The summed E-state index contributed by atoms with van der Waals surface area (Å²) in [4.78, 5) is 26.1. The van der Waals surface area contributed by atoms with Gasteiger partial charge in [-0.25, -0.2) is 9.78 Å². The third kappa shape index (κ3) is 5.05. The van der Waals surface area contributed by atoms with E-state index >= 15 is 0 Å². The summed E-state index contributed by atoms with van der Waals surface area (Å²) in [7, 11) is 0. The number of carboxylic acids is 1. The first-order chi connectivity index (χ1) is 9.04. The fourth-order valence-electron chi connectivity index (χ4n) is 1.47. The third-order valence-corrected chi connectivity index (χ3v) is 2.66. The maximum absolute atomic E-state index is 11.7. The van der Waals surface area contributed by atoms with Crippen LogP contribution in [-0.4, -0.2) is 35.1 Å². The minimum atomic E-state index is -1.06. The van der Waals surface area contributed by atoms with Crippen LogP contribution in [0.5, 0.6) is 0 Å². The van der Waals surface area contributed by atoms with Crippen molar-refractivity contribution < 1.29 is 14.7 Å². The highest BCUT2D eigenvalue weighted by atomic mass is 16.4. The van der Waals surface area contributed by atoms with Crippen molar-refractivity contribution in [1.29, 1.82) is 0 Å². The second-order valence-electron chi connectivity index (χ2n) is 4.28. The summed E-state index contributed by atoms with van der Waals surface area (Å²) in [5.41, 5.74) is 0.768. The van der Waals surface area contributed by atoms with Crippen molar-refractivity contribution in [2.45, 2.75) is 20.4 Å². The van der Waals surface area contributed by atoms with Crippen molar-refractivity contribution in [2.24, 2.45) is 5.92 Å². The summed E-state index contributed by atoms with van der Waals surface area (Å²) in [5, 5.41) is 14.6. The van der Waals surface area contributed by atoms with Crippen molar-refractivity contribution in [3.8, 4) is 0 Å². The van der Waals surface area contributed by atoms with Crippen LogP contribution in [0.25, 0.3) is 0 Å². The summed E-state index contributed by atoms with van der Waals surface area (Å²) in [5.74, 6) is -1.20. The number of aromatic nitrogens is 1. The first kappa shape index (κ1) is 15.1. The highest BCUT2D eigenvalue weighted by Gasteiger charge is 2.11. The van der Waals surface area contributed by atoms with Gasteiger partial charge < -0.3 is 15.7 Å². The van der Waals surface area contributed by atoms with Gasteiger partial charge in [-0.1, -0.05) is 19.9 Å². The Hall–Kier alpha value is -1.95. The van der Waals surface area contributed by atoms with Gasteiger partial charge in [0.15, 0.2) is 0 Å². The molecule has 1 heterocycles. The molecule has 0 aliphatic heterocycles. The Morgan fingerprint density at radius 3 is 2.68 bits per heavy atom. The Morgan fingerprint density at radius 1 is 1.42 bits per heavy atom. The molecule has 1 aromatic heterocycles. The lowest BCUT2D eigenvalue weighted by Gasteiger charge is -2.12. The van der Waals surface area contributed by atoms with Crippen LogP contribution >= 0.6 is 0 Å². The van der Waals surface area contributed by atoms with Crippen LogP contribution in [0.1, 0.15) is 29.9 Å². The second kappa shape index (κ2) is 7.48. The molecule has 19 heavy (non-hydrogen) atoms. The Kier molecular flexibility index (Phi) is 5.95. The number of hydrogen-bond donors (Lipinski definition) is 3. The molecular weight excluding hydrogens is 246 g/mol. The number of nitrogens with zero attached hydrogens (tertiary/aromatic N) is 1. The van der Waals surface area contributed by atoms with Crippen molar-refractivity contribution in [1.82, 2.24) is 15.6 Å². The number of pyridine rings is 1. The molecule has 0 aliphatic rings. The molecule has 6 heteroatoms. The molecule has 0 radical (unpaired) electrons. The van der Waals surface area contributed by atoms with Crippen LogP contribution in [0.2, 0.25) is 0 Å². The maximum Gasteiger partial charge on any atom is 0.354 e. The number of aromatic carboxylic acids is 1. The average molecular weight is 265 g/mol. The lowest BCUT2D eigenvalue weighted by molar-refractivity contribution is -0.124. The van der Waals surface area contributed by atoms with Gasteiger partial charge in [0.25, 0.3) is 0 Å². The third-order valence-electron chi connectivity index (χ3n) is 2.66. The molecule has 0 saturated carbocycles. The van der Waals surface area contributed by atoms with Crippen LogP contribution in [0, 0.1) is 5.92 Å². The maximum atomic E-state index is 11.7. The first-order valence-corrected chi connectivity index (χ1v) is 6.21. The summed E-state index contributed by atoms with van der Waals surface area (Å²) in [6.45, 7) is 5.66. The van der Waals surface area contributed by atoms with E-state index in [1.807, 2.05) is 13.8 Å². The van der Waals surface area contributed by atoms with E-state index in [0.29, 0.717) is 13.1 Å². The van der Waals surface area contributed by atoms with Crippen molar-refractivity contribution >= 4 is 11.9 Å². The number of carbonyl (C=O) groups excluding carboxylic acids is 1. The number of carbonyl (C=O) groups is 2. The topological polar surface area (TPSA) is 91.3 Å². The minimum Gasteiger partial charge on any atom is -0.477 e. The molecule has 3 N–H and O–H groups in total. The number of hydrogen-bond acceptors (Lipinski definition) is 4. The van der Waals surface area contributed by atoms with E-state index in [1.54, 1.807) is 6.07 Å². The first-order valence-electron chi connectivity index (χ1n) is 6.21. The zero-order chi connectivity index (χ0) is 14.3. The molecule has 6 nitrogen and oxygen atoms in total. The molecule has 1 rings (SSSR count). The Balaban J connectivity index is 2.43. The molecule has 104 valence electrons. The molecule has 0 aromatic carbocycles. The van der Waals surface area contributed by atoms with Crippen LogP contribution in [-0.2, 0) is 11.3 Å². The average Bonchev–Trinajstić information content (AvgIpc) is 2.42. The monoisotopic (exact) mass is 265 g/mol. The van der Waals surface area contributed by atoms with Gasteiger partial charge in [0.2, 0.25) is 5.91 Å². The number of carboxylic acid groups (broad SMARTS) is 1. The van der Waals surface area contributed by atoms with E-state index in [4.69, 9.17) is 5.11 Å². The molecule has 0 spiro atoms. The molecular formula is C13H19N3O3. The minimum absolute atomic E-state index is 0.00408. The summed E-state index contributed by atoms with van der Waals surface area (Å²) in [6, 6.07) is 3.07. The quantitative estimate of drug-likeness (QED) is 0.673. The Bertz CT molecular complexity index is 431. The predicted molar refractivity (Wildman–Crippen MR) is 70.8 cm³/mol. The molecule has 0 aliphatic carbocycles. The van der Waals surface area contributed by atoms with Gasteiger partial charge in [0, 0.05) is 25.2 Å². The van der Waals surface area contributed by atoms with Gasteiger partial charge in [-0.2, -0.15) is 0 Å². The van der Waals surface area contributed by atoms with Crippen molar-refractivity contribution in [3.05, 3.63) is 29.6 Å². The van der Waals surface area contributed by atoms with E-state index in [1.165, 1.54) is 12.3 Å². The lowest BCUT2D eigenvalue weighted by atomic mass is 10.1. The summed E-state index contributed by atoms with van der Waals surface area (Å²) >= 11 is 0. The molecule has 1 atom stereocenters. The predicted octanol–water partition coefficient (Wildman–Crippen LogP) is 0.642. The standard InChI is InChI=1S/C13H19N3O3/c1-3-14-6-9(2)12(17)16-8-10-4-5-11(13(18)19)15-7-10/h4-5,7,9,14H,3,6,8H2,1-2H3,(H,16,17)(H,18,19). The van der Waals surface area contributed by atoms with E-state index in [9.17, 15) is 9.59 Å². The van der Waals surface area contributed by atoms with Gasteiger partial charge in [0.1, 0.15) is 5.69 Å².